The van der Waals surface area contributed by atoms with E-state index in [1.165, 1.54) is 0 Å². The van der Waals surface area contributed by atoms with Gasteiger partial charge in [0, 0.05) is 12.1 Å². The lowest BCUT2D eigenvalue weighted by Gasteiger charge is -2.29. The van der Waals surface area contributed by atoms with Crippen molar-refractivity contribution in [3.63, 3.8) is 0 Å². The third-order valence-corrected chi connectivity index (χ3v) is 4.08. The minimum atomic E-state index is -0.682. The van der Waals surface area contributed by atoms with Gasteiger partial charge in [0.05, 0.1) is 7.11 Å². The van der Waals surface area contributed by atoms with E-state index in [0.29, 0.717) is 17.4 Å². The average Bonchev–Trinajstić information content (AvgIpc) is 2.55. The first-order valence-corrected chi connectivity index (χ1v) is 7.41. The third kappa shape index (κ3) is 3.42. The van der Waals surface area contributed by atoms with Gasteiger partial charge in [0.1, 0.15) is 17.5 Å². The molecule has 0 bridgehead atoms. The first kappa shape index (κ1) is 15.5. The van der Waals surface area contributed by atoms with E-state index in [4.69, 9.17) is 4.74 Å². The smallest absolute Gasteiger partial charge is 0.143 e. The van der Waals surface area contributed by atoms with Gasteiger partial charge in [-0.25, -0.2) is 0 Å². The van der Waals surface area contributed by atoms with Crippen molar-refractivity contribution < 1.29 is 9.84 Å². The highest BCUT2D eigenvalue weighted by atomic mass is 16.5. The van der Waals surface area contributed by atoms with Crippen LogP contribution < -0.4 is 4.74 Å². The topological polar surface area (TPSA) is 42.4 Å². The molecule has 1 aromatic carbocycles. The molecule has 112 valence electrons. The number of benzene rings is 1. The minimum absolute atomic E-state index is 0.000000000000000222. The molecule has 1 N–H and O–H groups in total. The van der Waals surface area contributed by atoms with Crippen molar-refractivity contribution in [3.05, 3.63) is 59.9 Å². The molecular formula is C18H23NO2. The number of hydrogen-bond donors (Lipinski definition) is 1. The maximum atomic E-state index is 10.9. The second kappa shape index (κ2) is 7.23. The number of pyridine rings is 1. The molecule has 0 aliphatic heterocycles. The average molecular weight is 285 g/mol. The molecule has 0 aliphatic carbocycles. The Balaban J connectivity index is 2.41. The highest BCUT2D eigenvalue weighted by Crippen LogP contribution is 2.40. The van der Waals surface area contributed by atoms with Crippen molar-refractivity contribution in [2.75, 3.05) is 7.11 Å². The molecule has 0 saturated carbocycles. The Morgan fingerprint density at radius 2 is 1.86 bits per heavy atom. The van der Waals surface area contributed by atoms with E-state index in [1.54, 1.807) is 13.3 Å². The monoisotopic (exact) mass is 285 g/mol. The van der Waals surface area contributed by atoms with Crippen LogP contribution in [0.1, 0.15) is 43.5 Å². The highest BCUT2D eigenvalue weighted by molar-refractivity contribution is 5.32. The van der Waals surface area contributed by atoms with Crippen molar-refractivity contribution >= 4 is 0 Å². The van der Waals surface area contributed by atoms with E-state index < -0.39 is 6.10 Å². The molecular weight excluding hydrogens is 262 g/mol. The molecule has 1 aromatic heterocycles. The summed E-state index contributed by atoms with van der Waals surface area (Å²) in [5.41, 5.74) is 1.74. The largest absolute Gasteiger partial charge is 0.495 e. The van der Waals surface area contributed by atoms with Crippen LogP contribution in [0.4, 0.5) is 0 Å². The van der Waals surface area contributed by atoms with Gasteiger partial charge in [0.2, 0.25) is 0 Å². The normalized spacial score (nSPS) is 15.2. The third-order valence-electron chi connectivity index (χ3n) is 4.08. The van der Waals surface area contributed by atoms with Crippen LogP contribution in [-0.4, -0.2) is 17.2 Å². The molecule has 0 saturated heterocycles. The molecule has 3 heteroatoms. The molecule has 0 radical (unpaired) electrons. The van der Waals surface area contributed by atoms with Crippen LogP contribution in [0.2, 0.25) is 0 Å². The Morgan fingerprint density at radius 1 is 1.14 bits per heavy atom. The maximum absolute atomic E-state index is 10.9. The van der Waals surface area contributed by atoms with Gasteiger partial charge in [0.15, 0.2) is 0 Å². The Morgan fingerprint density at radius 3 is 2.48 bits per heavy atom. The summed E-state index contributed by atoms with van der Waals surface area (Å²) in [6, 6.07) is 13.8. The van der Waals surface area contributed by atoms with Gasteiger partial charge in [-0.2, -0.15) is 0 Å². The Kier molecular flexibility index (Phi) is 5.34. The first-order valence-electron chi connectivity index (χ1n) is 7.41. The zero-order valence-electron chi connectivity index (χ0n) is 12.9. The van der Waals surface area contributed by atoms with Gasteiger partial charge in [-0.3, -0.25) is 4.98 Å². The molecule has 3 atom stereocenters. The Bertz CT molecular complexity index is 556. The molecule has 1 heterocycles. The number of aliphatic hydroxyl groups excluding tert-OH is 1. The fraction of sp³-hybridized carbons (Fsp3) is 0.389. The molecule has 0 spiro atoms. The summed E-state index contributed by atoms with van der Waals surface area (Å²) in [7, 11) is 1.61. The van der Waals surface area contributed by atoms with Crippen LogP contribution >= 0.6 is 0 Å². The second-order valence-electron chi connectivity index (χ2n) is 5.36. The summed E-state index contributed by atoms with van der Waals surface area (Å²) in [6.45, 7) is 4.30. The first-order chi connectivity index (χ1) is 10.2. The zero-order valence-corrected chi connectivity index (χ0v) is 12.9. The van der Waals surface area contributed by atoms with Gasteiger partial charge >= 0.3 is 0 Å². The fourth-order valence-electron chi connectivity index (χ4n) is 2.72. The van der Waals surface area contributed by atoms with Gasteiger partial charge < -0.3 is 9.84 Å². The van der Waals surface area contributed by atoms with E-state index in [1.807, 2.05) is 30.3 Å². The summed E-state index contributed by atoms with van der Waals surface area (Å²) >= 11 is 0. The van der Waals surface area contributed by atoms with Crippen LogP contribution in [0.15, 0.2) is 48.7 Å². The minimum Gasteiger partial charge on any atom is -0.495 e. The molecule has 3 nitrogen and oxygen atoms in total. The number of aromatic nitrogens is 1. The lowest BCUT2D eigenvalue weighted by atomic mass is 9.80. The lowest BCUT2D eigenvalue weighted by molar-refractivity contribution is 0.111. The van der Waals surface area contributed by atoms with Crippen molar-refractivity contribution in [1.82, 2.24) is 4.98 Å². The predicted octanol–water partition coefficient (Wildman–Crippen LogP) is 3.95. The van der Waals surface area contributed by atoms with Crippen LogP contribution in [0.5, 0.6) is 5.75 Å². The molecule has 3 unspecified atom stereocenters. The maximum Gasteiger partial charge on any atom is 0.143 e. The van der Waals surface area contributed by atoms with Crippen LogP contribution in [0.3, 0.4) is 0 Å². The van der Waals surface area contributed by atoms with E-state index in [2.05, 4.69) is 31.0 Å². The van der Waals surface area contributed by atoms with Crippen molar-refractivity contribution in [3.8, 4) is 5.75 Å². The number of methoxy groups -OCH3 is 1. The summed E-state index contributed by atoms with van der Waals surface area (Å²) < 4.78 is 5.34. The predicted molar refractivity (Wildman–Crippen MR) is 84.4 cm³/mol. The molecule has 0 amide bonds. The van der Waals surface area contributed by atoms with Crippen molar-refractivity contribution in [1.29, 1.82) is 0 Å². The molecule has 2 rings (SSSR count). The van der Waals surface area contributed by atoms with Gasteiger partial charge in [-0.15, -0.1) is 0 Å². The van der Waals surface area contributed by atoms with Crippen LogP contribution in [0, 0.1) is 5.92 Å². The van der Waals surface area contributed by atoms with E-state index in [-0.39, 0.29) is 5.92 Å². The number of hydrogen-bond acceptors (Lipinski definition) is 3. The van der Waals surface area contributed by atoms with E-state index in [9.17, 15) is 5.11 Å². The zero-order chi connectivity index (χ0) is 15.2. The van der Waals surface area contributed by atoms with Gasteiger partial charge in [-0.05, 0) is 23.6 Å². The highest BCUT2D eigenvalue weighted by Gasteiger charge is 2.30. The van der Waals surface area contributed by atoms with Gasteiger partial charge in [-0.1, -0.05) is 50.6 Å². The number of aliphatic hydroxyl groups is 1. The summed E-state index contributed by atoms with van der Waals surface area (Å²) in [5, 5.41) is 10.9. The molecule has 2 aromatic rings. The van der Waals surface area contributed by atoms with E-state index >= 15 is 0 Å². The number of rotatable bonds is 6. The summed E-state index contributed by atoms with van der Waals surface area (Å²) in [5.74, 6) is 0.975. The van der Waals surface area contributed by atoms with Crippen molar-refractivity contribution in [2.24, 2.45) is 5.92 Å². The summed E-state index contributed by atoms with van der Waals surface area (Å²) in [4.78, 5) is 4.34. The van der Waals surface area contributed by atoms with Gasteiger partial charge in [0.25, 0.3) is 0 Å². The fourth-order valence-corrected chi connectivity index (χ4v) is 2.72. The molecule has 21 heavy (non-hydrogen) atoms. The van der Waals surface area contributed by atoms with Crippen molar-refractivity contribution in [2.45, 2.75) is 32.3 Å². The Labute approximate surface area is 126 Å². The number of ether oxygens (including phenoxy) is 1. The molecule has 0 fully saturated rings. The molecule has 0 aliphatic rings. The number of nitrogens with zero attached hydrogens (tertiary/aromatic N) is 1. The van der Waals surface area contributed by atoms with Crippen LogP contribution in [-0.2, 0) is 0 Å². The lowest BCUT2D eigenvalue weighted by Crippen LogP contribution is -2.19. The second-order valence-corrected chi connectivity index (χ2v) is 5.36. The quantitative estimate of drug-likeness (QED) is 0.873. The Hall–Kier alpha value is -1.87. The SMILES string of the molecule is CCC(C)C(c1ccccc1)C(O)c1ncccc1OC. The standard InChI is InChI=1S/C18H23NO2/c1-4-13(2)16(14-9-6-5-7-10-14)18(20)17-15(21-3)11-8-12-19-17/h5-13,16,18,20H,4H2,1-3H3. The van der Waals surface area contributed by atoms with E-state index in [0.717, 1.165) is 12.0 Å². The van der Waals surface area contributed by atoms with Crippen LogP contribution in [0.25, 0.3) is 0 Å². The summed E-state index contributed by atoms with van der Waals surface area (Å²) in [6.07, 6.45) is 2.00.